The van der Waals surface area contributed by atoms with E-state index < -0.39 is 0 Å². The third-order valence-corrected chi connectivity index (χ3v) is 6.17. The van der Waals surface area contributed by atoms with Gasteiger partial charge < -0.3 is 21.4 Å². The summed E-state index contributed by atoms with van der Waals surface area (Å²) in [5.41, 5.74) is 9.77. The Labute approximate surface area is 175 Å². The third-order valence-electron chi connectivity index (χ3n) is 6.17. The van der Waals surface area contributed by atoms with Crippen molar-refractivity contribution in [2.24, 2.45) is 5.73 Å². The number of amides is 1. The summed E-state index contributed by atoms with van der Waals surface area (Å²) in [5, 5.41) is 11.2. The van der Waals surface area contributed by atoms with Crippen LogP contribution in [-0.4, -0.2) is 40.6 Å². The maximum Gasteiger partial charge on any atom is 0.227 e. The van der Waals surface area contributed by atoms with Crippen molar-refractivity contribution < 1.29 is 9.18 Å². The van der Waals surface area contributed by atoms with Gasteiger partial charge in [-0.1, -0.05) is 12.1 Å². The molecule has 30 heavy (non-hydrogen) atoms. The molecule has 6 nitrogen and oxygen atoms in total. The van der Waals surface area contributed by atoms with E-state index in [9.17, 15) is 9.18 Å². The fourth-order valence-electron chi connectivity index (χ4n) is 4.42. The summed E-state index contributed by atoms with van der Waals surface area (Å²) in [4.78, 5) is 19.4. The Hall–Kier alpha value is -3.22. The van der Waals surface area contributed by atoms with E-state index in [1.54, 1.807) is 12.1 Å². The van der Waals surface area contributed by atoms with Crippen LogP contribution in [0, 0.1) is 18.2 Å². The number of likely N-dealkylation sites (tertiary alicyclic amines) is 1. The van der Waals surface area contributed by atoms with Crippen LogP contribution in [0.1, 0.15) is 35.2 Å². The van der Waals surface area contributed by atoms with Crippen molar-refractivity contribution >= 4 is 23.5 Å². The lowest BCUT2D eigenvalue weighted by molar-refractivity contribution is -0.129. The lowest BCUT2D eigenvalue weighted by atomic mass is 9.86. The number of halogens is 1. The van der Waals surface area contributed by atoms with Crippen LogP contribution in [0.5, 0.6) is 0 Å². The molecule has 2 aromatic rings. The number of nitrogens with zero attached hydrogens (tertiary/aromatic N) is 2. The molecule has 1 fully saturated rings. The number of aryl methyl sites for hydroxylation is 2. The first-order valence-corrected chi connectivity index (χ1v) is 10.2. The van der Waals surface area contributed by atoms with Crippen molar-refractivity contribution in [2.45, 2.75) is 38.1 Å². The zero-order valence-corrected chi connectivity index (χ0v) is 17.0. The summed E-state index contributed by atoms with van der Waals surface area (Å²) in [6, 6.07) is 8.17. The zero-order chi connectivity index (χ0) is 21.3. The zero-order valence-electron chi connectivity index (χ0n) is 17.0. The maximum absolute atomic E-state index is 13.1. The average molecular weight is 407 g/mol. The molecule has 2 aliphatic rings. The molecule has 1 aromatic carbocycles. The van der Waals surface area contributed by atoms with Crippen molar-refractivity contribution in [3.05, 3.63) is 64.7 Å². The Kier molecular flexibility index (Phi) is 5.28. The van der Waals surface area contributed by atoms with Crippen molar-refractivity contribution in [1.29, 1.82) is 5.41 Å². The second-order valence-electron chi connectivity index (χ2n) is 8.17. The molecular formula is C23H26FN5O. The molecule has 1 aromatic heterocycles. The van der Waals surface area contributed by atoms with Gasteiger partial charge in [0.15, 0.2) is 0 Å². The summed E-state index contributed by atoms with van der Waals surface area (Å²) >= 11 is 0. The molecule has 0 unspecified atom stereocenters. The highest BCUT2D eigenvalue weighted by atomic mass is 19.1. The summed E-state index contributed by atoms with van der Waals surface area (Å²) in [7, 11) is 0. The predicted molar refractivity (Wildman–Crippen MR) is 116 cm³/mol. The molecule has 4 N–H and O–H groups in total. The van der Waals surface area contributed by atoms with Crippen molar-refractivity contribution in [3.8, 4) is 0 Å². The van der Waals surface area contributed by atoms with E-state index in [4.69, 9.17) is 16.1 Å². The van der Waals surface area contributed by atoms with E-state index in [-0.39, 0.29) is 23.7 Å². The van der Waals surface area contributed by atoms with E-state index in [2.05, 4.69) is 11.4 Å². The molecule has 0 saturated carbocycles. The van der Waals surface area contributed by atoms with Crippen LogP contribution < -0.4 is 11.1 Å². The van der Waals surface area contributed by atoms with Gasteiger partial charge in [0, 0.05) is 42.3 Å². The van der Waals surface area contributed by atoms with Crippen LogP contribution in [0.2, 0.25) is 0 Å². The SMILES string of the molecule is Cc1nc2c(cc1/C(C=N)=C/N)CC[C@@]1(CCN(C(=O)Cc3ccc(F)cc3)C1)N2. The van der Waals surface area contributed by atoms with Gasteiger partial charge in [-0.05, 0) is 55.5 Å². The highest BCUT2D eigenvalue weighted by molar-refractivity contribution is 6.08. The number of rotatable bonds is 4. The van der Waals surface area contributed by atoms with E-state index in [1.165, 1.54) is 24.5 Å². The van der Waals surface area contributed by atoms with Gasteiger partial charge in [0.1, 0.15) is 11.6 Å². The number of hydrogen-bond acceptors (Lipinski definition) is 5. The minimum Gasteiger partial charge on any atom is -0.404 e. The van der Waals surface area contributed by atoms with Crippen LogP contribution in [0.15, 0.2) is 36.5 Å². The Morgan fingerprint density at radius 3 is 2.83 bits per heavy atom. The second kappa shape index (κ2) is 7.89. The summed E-state index contributed by atoms with van der Waals surface area (Å²) in [6.45, 7) is 3.26. The quantitative estimate of drug-likeness (QED) is 0.679. The molecule has 1 saturated heterocycles. The molecule has 1 amide bonds. The largest absolute Gasteiger partial charge is 0.404 e. The van der Waals surface area contributed by atoms with Crippen LogP contribution in [-0.2, 0) is 17.6 Å². The smallest absolute Gasteiger partial charge is 0.227 e. The van der Waals surface area contributed by atoms with Gasteiger partial charge >= 0.3 is 0 Å². The van der Waals surface area contributed by atoms with E-state index in [1.807, 2.05) is 11.8 Å². The number of anilines is 1. The number of allylic oxidation sites excluding steroid dienone is 1. The maximum atomic E-state index is 13.1. The summed E-state index contributed by atoms with van der Waals surface area (Å²) in [6.07, 6.45) is 5.61. The third kappa shape index (κ3) is 3.79. The van der Waals surface area contributed by atoms with Gasteiger partial charge in [-0.25, -0.2) is 9.37 Å². The molecule has 1 atom stereocenters. The summed E-state index contributed by atoms with van der Waals surface area (Å²) < 4.78 is 13.1. The first kappa shape index (κ1) is 20.1. The lowest BCUT2D eigenvalue weighted by Gasteiger charge is -2.36. The number of hydrogen-bond donors (Lipinski definition) is 3. The fourth-order valence-corrected chi connectivity index (χ4v) is 4.42. The molecular weight excluding hydrogens is 381 g/mol. The van der Waals surface area contributed by atoms with Crippen LogP contribution in [0.4, 0.5) is 10.2 Å². The molecule has 0 aliphatic carbocycles. The van der Waals surface area contributed by atoms with Crippen LogP contribution in [0.25, 0.3) is 5.57 Å². The number of fused-ring (bicyclic) bond motifs is 1. The van der Waals surface area contributed by atoms with Crippen molar-refractivity contribution in [3.63, 3.8) is 0 Å². The van der Waals surface area contributed by atoms with Gasteiger partial charge in [0.05, 0.1) is 12.0 Å². The Balaban J connectivity index is 1.47. The molecule has 3 heterocycles. The number of carbonyl (C=O) groups is 1. The van der Waals surface area contributed by atoms with Gasteiger partial charge in [0.25, 0.3) is 0 Å². The van der Waals surface area contributed by atoms with E-state index in [0.717, 1.165) is 47.5 Å². The highest BCUT2D eigenvalue weighted by Gasteiger charge is 2.42. The monoisotopic (exact) mass is 407 g/mol. The van der Waals surface area contributed by atoms with Crippen molar-refractivity contribution in [1.82, 2.24) is 9.88 Å². The number of pyridine rings is 1. The number of aromatic nitrogens is 1. The lowest BCUT2D eigenvalue weighted by Crippen LogP contribution is -2.45. The first-order valence-electron chi connectivity index (χ1n) is 10.2. The average Bonchev–Trinajstić information content (AvgIpc) is 3.14. The molecule has 1 spiro atoms. The Morgan fingerprint density at radius 2 is 2.13 bits per heavy atom. The Morgan fingerprint density at radius 1 is 1.37 bits per heavy atom. The fraction of sp³-hybridized carbons (Fsp3) is 0.348. The van der Waals surface area contributed by atoms with E-state index in [0.29, 0.717) is 18.7 Å². The number of nitrogens with one attached hydrogen (secondary N) is 2. The topological polar surface area (TPSA) is 95.1 Å². The predicted octanol–water partition coefficient (Wildman–Crippen LogP) is 3.05. The molecule has 0 bridgehead atoms. The molecule has 156 valence electrons. The molecule has 7 heteroatoms. The molecule has 4 rings (SSSR count). The van der Waals surface area contributed by atoms with Gasteiger partial charge in [-0.3, -0.25) is 4.79 Å². The molecule has 0 radical (unpaired) electrons. The minimum absolute atomic E-state index is 0.0641. The van der Waals surface area contributed by atoms with Crippen molar-refractivity contribution in [2.75, 3.05) is 18.4 Å². The number of benzene rings is 1. The van der Waals surface area contributed by atoms with Gasteiger partial charge in [-0.2, -0.15) is 0 Å². The number of nitrogens with two attached hydrogens (primary N) is 1. The van der Waals surface area contributed by atoms with Gasteiger partial charge in [0.2, 0.25) is 5.91 Å². The van der Waals surface area contributed by atoms with Gasteiger partial charge in [-0.15, -0.1) is 0 Å². The summed E-state index contributed by atoms with van der Waals surface area (Å²) in [5.74, 6) is 0.628. The van der Waals surface area contributed by atoms with E-state index >= 15 is 0 Å². The molecule has 2 aliphatic heterocycles. The second-order valence-corrected chi connectivity index (χ2v) is 8.17. The minimum atomic E-state index is -0.294. The highest BCUT2D eigenvalue weighted by Crippen LogP contribution is 2.37. The normalized spacial score (nSPS) is 20.7. The Bertz CT molecular complexity index is 1020. The van der Waals surface area contributed by atoms with Crippen LogP contribution >= 0.6 is 0 Å². The number of carbonyl (C=O) groups excluding carboxylic acids is 1. The standard InChI is InChI=1S/C23H26FN5O/c1-15-20(18(12-25)13-26)11-17-6-7-23(28-22(17)27-15)8-9-29(14-23)21(30)10-16-2-4-19(24)5-3-16/h2-5,11-13,25H,6-10,14,26H2,1H3,(H,27,28)/b18-13+,25-12?/t23-/m0/s1. The van der Waals surface area contributed by atoms with Crippen LogP contribution in [0.3, 0.4) is 0 Å². The first-order chi connectivity index (χ1) is 14.4.